The summed E-state index contributed by atoms with van der Waals surface area (Å²) < 4.78 is 26.8. The highest BCUT2D eigenvalue weighted by Gasteiger charge is 2.16. The zero-order valence-corrected chi connectivity index (χ0v) is 13.5. The Balaban J connectivity index is 2.13. The second-order valence-electron chi connectivity index (χ2n) is 4.68. The fourth-order valence-corrected chi connectivity index (χ4v) is 3.92. The van der Waals surface area contributed by atoms with Gasteiger partial charge in [0, 0.05) is 23.5 Å². The topological polar surface area (TPSA) is 99.2 Å². The van der Waals surface area contributed by atoms with E-state index in [0.29, 0.717) is 4.88 Å². The molecule has 2 aromatic rings. The van der Waals surface area contributed by atoms with Crippen molar-refractivity contribution < 1.29 is 18.3 Å². The molecule has 0 saturated carbocycles. The lowest BCUT2D eigenvalue weighted by Gasteiger charge is -2.06. The monoisotopic (exact) mass is 339 g/mol. The number of benzene rings is 1. The molecule has 0 aliphatic carbocycles. The number of rotatable bonds is 7. The average molecular weight is 339 g/mol. The van der Waals surface area contributed by atoms with Crippen LogP contribution in [0.1, 0.15) is 23.8 Å². The lowest BCUT2D eigenvalue weighted by molar-refractivity contribution is -0.304. The Kier molecular flexibility index (Phi) is 5.15. The summed E-state index contributed by atoms with van der Waals surface area (Å²) in [5.41, 5.74) is 1.08. The van der Waals surface area contributed by atoms with Gasteiger partial charge < -0.3 is 9.90 Å². The Hall–Kier alpha value is -1.93. The summed E-state index contributed by atoms with van der Waals surface area (Å²) in [6, 6.07) is 6.65. The maximum Gasteiger partial charge on any atom is 0.263 e. The molecule has 2 rings (SSSR count). The van der Waals surface area contributed by atoms with Gasteiger partial charge in [-0.25, -0.2) is 13.4 Å². The van der Waals surface area contributed by atoms with Gasteiger partial charge in [0.1, 0.15) is 0 Å². The van der Waals surface area contributed by atoms with E-state index >= 15 is 0 Å². The molecule has 0 aliphatic heterocycles. The molecule has 118 valence electrons. The van der Waals surface area contributed by atoms with Crippen molar-refractivity contribution in [1.82, 2.24) is 4.98 Å². The van der Waals surface area contributed by atoms with E-state index in [4.69, 9.17) is 0 Å². The van der Waals surface area contributed by atoms with Crippen LogP contribution in [0.5, 0.6) is 0 Å². The minimum atomic E-state index is -3.73. The van der Waals surface area contributed by atoms with Crippen LogP contribution >= 0.6 is 11.3 Å². The van der Waals surface area contributed by atoms with E-state index in [9.17, 15) is 18.3 Å². The van der Waals surface area contributed by atoms with Crippen molar-refractivity contribution in [2.24, 2.45) is 0 Å². The number of carboxylic acids is 1. The number of aliphatic carboxylic acids is 1. The molecule has 8 heteroatoms. The summed E-state index contributed by atoms with van der Waals surface area (Å²) in [5.74, 6) is -1.23. The third kappa shape index (κ3) is 4.28. The van der Waals surface area contributed by atoms with Gasteiger partial charge in [-0.3, -0.25) is 4.72 Å². The number of nitrogens with zero attached hydrogens (tertiary/aromatic N) is 1. The van der Waals surface area contributed by atoms with E-state index in [1.807, 2.05) is 0 Å². The molecule has 0 aliphatic rings. The van der Waals surface area contributed by atoms with E-state index in [0.717, 1.165) is 29.7 Å². The highest BCUT2D eigenvalue weighted by atomic mass is 32.2. The maximum atomic E-state index is 12.2. The number of carbonyl (C=O) groups excluding carboxylic acids is 1. The normalized spacial score (nSPS) is 11.3. The molecular weight excluding hydrogens is 324 g/mol. The second kappa shape index (κ2) is 6.89. The summed E-state index contributed by atoms with van der Waals surface area (Å²) >= 11 is 0.972. The van der Waals surface area contributed by atoms with Crippen LogP contribution in [0.25, 0.3) is 0 Å². The van der Waals surface area contributed by atoms with Gasteiger partial charge in [0.15, 0.2) is 5.13 Å². The minimum Gasteiger partial charge on any atom is -0.550 e. The lowest BCUT2D eigenvalue weighted by Crippen LogP contribution is -2.23. The summed E-state index contributed by atoms with van der Waals surface area (Å²) in [7, 11) is -3.73. The molecular formula is C14H15N2O4S2-. The predicted molar refractivity (Wildman–Crippen MR) is 82.1 cm³/mol. The van der Waals surface area contributed by atoms with Gasteiger partial charge in [-0.05, 0) is 24.1 Å². The molecule has 0 saturated heterocycles. The van der Waals surface area contributed by atoms with Crippen molar-refractivity contribution >= 4 is 32.5 Å². The molecule has 22 heavy (non-hydrogen) atoms. The zero-order valence-electron chi connectivity index (χ0n) is 11.9. The fraction of sp³-hybridized carbons (Fsp3) is 0.286. The van der Waals surface area contributed by atoms with Gasteiger partial charge in [-0.1, -0.05) is 25.5 Å². The lowest BCUT2D eigenvalue weighted by atomic mass is 10.1. The Morgan fingerprint density at radius 3 is 2.59 bits per heavy atom. The van der Waals surface area contributed by atoms with Crippen LogP contribution in [0, 0.1) is 0 Å². The standard InChI is InChI=1S/C14H16N2O4S2/c1-2-3-10-4-6-12(7-5-10)22(19,20)16-14-15-9-11(21-14)8-13(17)18/h4-7,9H,2-3,8H2,1H3,(H,15,16)(H,17,18)/p-1. The highest BCUT2D eigenvalue weighted by Crippen LogP contribution is 2.22. The number of thiazole rings is 1. The van der Waals surface area contributed by atoms with E-state index in [-0.39, 0.29) is 16.4 Å². The molecule has 0 unspecified atom stereocenters. The smallest absolute Gasteiger partial charge is 0.263 e. The van der Waals surface area contributed by atoms with Crippen LogP contribution < -0.4 is 9.83 Å². The number of anilines is 1. The van der Waals surface area contributed by atoms with Crippen molar-refractivity contribution in [2.45, 2.75) is 31.1 Å². The number of aromatic nitrogens is 1. The minimum absolute atomic E-state index is 0.133. The van der Waals surface area contributed by atoms with Gasteiger partial charge in [0.2, 0.25) is 0 Å². The summed E-state index contributed by atoms with van der Waals surface area (Å²) in [5, 5.41) is 10.6. The second-order valence-corrected chi connectivity index (χ2v) is 7.48. The van der Waals surface area contributed by atoms with Crippen LogP contribution in [-0.2, 0) is 27.7 Å². The first kappa shape index (κ1) is 16.4. The molecule has 1 N–H and O–H groups in total. The van der Waals surface area contributed by atoms with E-state index in [1.54, 1.807) is 24.3 Å². The van der Waals surface area contributed by atoms with Crippen molar-refractivity contribution in [1.29, 1.82) is 0 Å². The number of carboxylic acid groups (broad SMARTS) is 1. The van der Waals surface area contributed by atoms with Crippen LogP contribution in [0.15, 0.2) is 35.4 Å². The van der Waals surface area contributed by atoms with Crippen LogP contribution in [-0.4, -0.2) is 19.4 Å². The molecule has 0 fully saturated rings. The number of sulfonamides is 1. The molecule has 1 aromatic carbocycles. The predicted octanol–water partition coefficient (Wildman–Crippen LogP) is 1.19. The van der Waals surface area contributed by atoms with Gasteiger partial charge in [-0.15, -0.1) is 11.3 Å². The van der Waals surface area contributed by atoms with Crippen LogP contribution in [0.2, 0.25) is 0 Å². The van der Waals surface area contributed by atoms with Gasteiger partial charge in [0.05, 0.1) is 4.90 Å². The number of hydrogen-bond donors (Lipinski definition) is 1. The first-order valence-corrected chi connectivity index (χ1v) is 8.97. The molecule has 6 nitrogen and oxygen atoms in total. The van der Waals surface area contributed by atoms with Crippen LogP contribution in [0.4, 0.5) is 5.13 Å². The number of aryl methyl sites for hydroxylation is 1. The third-order valence-corrected chi connectivity index (χ3v) is 5.26. The largest absolute Gasteiger partial charge is 0.550 e. The Labute approximate surface area is 132 Å². The van der Waals surface area contributed by atoms with E-state index in [1.165, 1.54) is 6.20 Å². The van der Waals surface area contributed by atoms with Crippen molar-refractivity contribution in [3.8, 4) is 0 Å². The Bertz CT molecular complexity index is 751. The van der Waals surface area contributed by atoms with E-state index in [2.05, 4.69) is 16.6 Å². The van der Waals surface area contributed by atoms with E-state index < -0.39 is 16.0 Å². The fourth-order valence-electron chi connectivity index (χ4n) is 1.88. The summed E-state index contributed by atoms with van der Waals surface area (Å²) in [6.45, 7) is 2.05. The first-order chi connectivity index (χ1) is 10.4. The molecule has 0 spiro atoms. The molecule has 0 radical (unpaired) electrons. The van der Waals surface area contributed by atoms with Crippen molar-refractivity contribution in [2.75, 3.05) is 4.72 Å². The Morgan fingerprint density at radius 2 is 2.00 bits per heavy atom. The highest BCUT2D eigenvalue weighted by molar-refractivity contribution is 7.93. The molecule has 0 atom stereocenters. The molecule has 0 amide bonds. The van der Waals surface area contributed by atoms with Crippen molar-refractivity contribution in [3.63, 3.8) is 0 Å². The summed E-state index contributed by atoms with van der Waals surface area (Å²) in [4.78, 5) is 14.9. The van der Waals surface area contributed by atoms with Crippen LogP contribution in [0.3, 0.4) is 0 Å². The average Bonchev–Trinajstić information content (AvgIpc) is 2.85. The zero-order chi connectivity index (χ0) is 16.2. The first-order valence-electron chi connectivity index (χ1n) is 6.67. The Morgan fingerprint density at radius 1 is 1.32 bits per heavy atom. The maximum absolute atomic E-state index is 12.2. The SMILES string of the molecule is CCCc1ccc(S(=O)(=O)Nc2ncc(CC(=O)[O-])s2)cc1. The van der Waals surface area contributed by atoms with Gasteiger partial charge >= 0.3 is 0 Å². The van der Waals surface area contributed by atoms with Gasteiger partial charge in [0.25, 0.3) is 10.0 Å². The molecule has 1 aromatic heterocycles. The van der Waals surface area contributed by atoms with Crippen molar-refractivity contribution in [3.05, 3.63) is 40.9 Å². The quantitative estimate of drug-likeness (QED) is 0.817. The summed E-state index contributed by atoms with van der Waals surface area (Å²) in [6.07, 6.45) is 2.92. The molecule has 0 bridgehead atoms. The van der Waals surface area contributed by atoms with Gasteiger partial charge in [-0.2, -0.15) is 0 Å². The third-order valence-electron chi connectivity index (χ3n) is 2.87. The number of carbonyl (C=O) groups is 1. The number of hydrogen-bond acceptors (Lipinski definition) is 6. The number of nitrogens with one attached hydrogen (secondary N) is 1. The molecule has 1 heterocycles.